The lowest BCUT2D eigenvalue weighted by Crippen LogP contribution is -2.36. The van der Waals surface area contributed by atoms with E-state index in [1.165, 1.54) is 6.07 Å². The zero-order chi connectivity index (χ0) is 17.9. The van der Waals surface area contributed by atoms with Gasteiger partial charge in [0.05, 0.1) is 24.5 Å². The Bertz CT molecular complexity index is 742. The van der Waals surface area contributed by atoms with E-state index in [0.717, 1.165) is 6.07 Å². The quantitative estimate of drug-likeness (QED) is 0.916. The number of hydrogen-bond donors (Lipinski definition) is 1. The summed E-state index contributed by atoms with van der Waals surface area (Å²) in [4.78, 5) is 14.0. The SMILES string of the molecule is O=C(Nc1ccc(N2CCOCC2)cc1C(F)(F)F)c1ccccc1. The molecule has 1 saturated heterocycles. The summed E-state index contributed by atoms with van der Waals surface area (Å²) in [6, 6.07) is 12.1. The van der Waals surface area contributed by atoms with Crippen LogP contribution in [0.25, 0.3) is 0 Å². The molecule has 1 N–H and O–H groups in total. The number of ether oxygens (including phenoxy) is 1. The topological polar surface area (TPSA) is 41.6 Å². The van der Waals surface area contributed by atoms with Gasteiger partial charge in [-0.15, -0.1) is 0 Å². The molecule has 2 aromatic carbocycles. The molecule has 0 unspecified atom stereocenters. The van der Waals surface area contributed by atoms with Gasteiger partial charge in [-0.2, -0.15) is 13.2 Å². The molecule has 0 bridgehead atoms. The van der Waals surface area contributed by atoms with Gasteiger partial charge in [0, 0.05) is 24.3 Å². The van der Waals surface area contributed by atoms with Crippen LogP contribution in [-0.4, -0.2) is 32.2 Å². The van der Waals surface area contributed by atoms with E-state index >= 15 is 0 Å². The van der Waals surface area contributed by atoms with Crippen molar-refractivity contribution in [2.24, 2.45) is 0 Å². The zero-order valence-electron chi connectivity index (χ0n) is 13.3. The van der Waals surface area contributed by atoms with Gasteiger partial charge in [0.1, 0.15) is 0 Å². The van der Waals surface area contributed by atoms with E-state index in [1.54, 1.807) is 36.4 Å². The fourth-order valence-corrected chi connectivity index (χ4v) is 2.68. The van der Waals surface area contributed by atoms with E-state index in [4.69, 9.17) is 4.74 Å². The van der Waals surface area contributed by atoms with Crippen LogP contribution >= 0.6 is 0 Å². The lowest BCUT2D eigenvalue weighted by molar-refractivity contribution is -0.136. The Labute approximate surface area is 143 Å². The minimum absolute atomic E-state index is 0.252. The minimum Gasteiger partial charge on any atom is -0.378 e. The second kappa shape index (κ2) is 7.14. The molecule has 4 nitrogen and oxygen atoms in total. The van der Waals surface area contributed by atoms with Crippen LogP contribution in [0.5, 0.6) is 0 Å². The Kier molecular flexibility index (Phi) is 4.94. The summed E-state index contributed by atoms with van der Waals surface area (Å²) in [6.45, 7) is 2.03. The number of nitrogens with one attached hydrogen (secondary N) is 1. The Morgan fingerprint density at radius 1 is 1.04 bits per heavy atom. The molecular weight excluding hydrogens is 333 g/mol. The number of halogens is 3. The van der Waals surface area contributed by atoms with Gasteiger partial charge in [-0.05, 0) is 30.3 Å². The van der Waals surface area contributed by atoms with Crippen molar-refractivity contribution in [3.8, 4) is 0 Å². The van der Waals surface area contributed by atoms with Crippen molar-refractivity contribution < 1.29 is 22.7 Å². The number of carbonyl (C=O) groups excluding carboxylic acids is 1. The van der Waals surface area contributed by atoms with Crippen LogP contribution in [0.2, 0.25) is 0 Å². The second-order valence-electron chi connectivity index (χ2n) is 5.65. The molecule has 1 amide bonds. The number of carbonyl (C=O) groups is 1. The first-order valence-corrected chi connectivity index (χ1v) is 7.85. The average Bonchev–Trinajstić information content (AvgIpc) is 2.62. The molecular formula is C18H17F3N2O2. The average molecular weight is 350 g/mol. The maximum atomic E-state index is 13.5. The molecule has 0 spiro atoms. The first-order chi connectivity index (χ1) is 11.9. The van der Waals surface area contributed by atoms with Crippen LogP contribution in [0.15, 0.2) is 48.5 Å². The van der Waals surface area contributed by atoms with E-state index in [-0.39, 0.29) is 5.69 Å². The standard InChI is InChI=1S/C18H17F3N2O2/c19-18(20,21)15-12-14(23-8-10-25-11-9-23)6-7-16(15)22-17(24)13-4-2-1-3-5-13/h1-7,12H,8-11H2,(H,22,24). The Morgan fingerprint density at radius 3 is 2.36 bits per heavy atom. The van der Waals surface area contributed by atoms with Gasteiger partial charge in [0.15, 0.2) is 0 Å². The van der Waals surface area contributed by atoms with Crippen molar-refractivity contribution in [1.82, 2.24) is 0 Å². The third kappa shape index (κ3) is 4.11. The first-order valence-electron chi connectivity index (χ1n) is 7.85. The summed E-state index contributed by atoms with van der Waals surface area (Å²) >= 11 is 0. The lowest BCUT2D eigenvalue weighted by atomic mass is 10.1. The second-order valence-corrected chi connectivity index (χ2v) is 5.65. The van der Waals surface area contributed by atoms with E-state index < -0.39 is 17.6 Å². The van der Waals surface area contributed by atoms with Crippen molar-refractivity contribution in [2.45, 2.75) is 6.18 Å². The van der Waals surface area contributed by atoms with Gasteiger partial charge in [0.25, 0.3) is 5.91 Å². The van der Waals surface area contributed by atoms with Gasteiger partial charge < -0.3 is 15.0 Å². The zero-order valence-corrected chi connectivity index (χ0v) is 13.3. The molecule has 0 radical (unpaired) electrons. The van der Waals surface area contributed by atoms with E-state index in [1.807, 2.05) is 4.90 Å². The summed E-state index contributed by atoms with van der Waals surface area (Å²) < 4.78 is 45.6. The molecule has 1 fully saturated rings. The molecule has 2 aromatic rings. The predicted molar refractivity (Wildman–Crippen MR) is 88.9 cm³/mol. The van der Waals surface area contributed by atoms with Crippen molar-refractivity contribution in [3.05, 3.63) is 59.7 Å². The maximum Gasteiger partial charge on any atom is 0.418 e. The van der Waals surface area contributed by atoms with Crippen molar-refractivity contribution in [1.29, 1.82) is 0 Å². The minimum atomic E-state index is -4.57. The van der Waals surface area contributed by atoms with E-state index in [0.29, 0.717) is 37.6 Å². The molecule has 0 atom stereocenters. The van der Waals surface area contributed by atoms with Gasteiger partial charge in [-0.1, -0.05) is 18.2 Å². The highest BCUT2D eigenvalue weighted by Gasteiger charge is 2.35. The maximum absolute atomic E-state index is 13.5. The molecule has 3 rings (SSSR count). The third-order valence-electron chi connectivity index (χ3n) is 3.97. The molecule has 1 aliphatic rings. The summed E-state index contributed by atoms with van der Waals surface area (Å²) in [5, 5.41) is 2.36. The van der Waals surface area contributed by atoms with Gasteiger partial charge in [0.2, 0.25) is 0 Å². The largest absolute Gasteiger partial charge is 0.418 e. The highest BCUT2D eigenvalue weighted by Crippen LogP contribution is 2.37. The lowest BCUT2D eigenvalue weighted by Gasteiger charge is -2.29. The molecule has 7 heteroatoms. The summed E-state index contributed by atoms with van der Waals surface area (Å²) in [6.07, 6.45) is -4.57. The first kappa shape index (κ1) is 17.3. The van der Waals surface area contributed by atoms with Crippen molar-refractivity contribution >= 4 is 17.3 Å². The Balaban J connectivity index is 1.89. The van der Waals surface area contributed by atoms with Crippen molar-refractivity contribution in [3.63, 3.8) is 0 Å². The number of morpholine rings is 1. The highest BCUT2D eigenvalue weighted by atomic mass is 19.4. The number of anilines is 2. The van der Waals surface area contributed by atoms with Crippen molar-refractivity contribution in [2.75, 3.05) is 36.5 Å². The number of nitrogens with zero attached hydrogens (tertiary/aromatic N) is 1. The molecule has 1 aliphatic heterocycles. The molecule has 0 saturated carbocycles. The van der Waals surface area contributed by atoms with Crippen LogP contribution in [-0.2, 0) is 10.9 Å². The van der Waals surface area contributed by atoms with E-state index in [9.17, 15) is 18.0 Å². The fourth-order valence-electron chi connectivity index (χ4n) is 2.68. The number of hydrogen-bond acceptors (Lipinski definition) is 3. The Hall–Kier alpha value is -2.54. The molecule has 132 valence electrons. The van der Waals surface area contributed by atoms with E-state index in [2.05, 4.69) is 5.32 Å². The molecule has 0 aliphatic carbocycles. The normalized spacial score (nSPS) is 15.1. The molecule has 25 heavy (non-hydrogen) atoms. The third-order valence-corrected chi connectivity index (χ3v) is 3.97. The van der Waals surface area contributed by atoms with Crippen LogP contribution in [0.4, 0.5) is 24.5 Å². The monoisotopic (exact) mass is 350 g/mol. The molecule has 1 heterocycles. The van der Waals surface area contributed by atoms with Crippen LogP contribution in [0.1, 0.15) is 15.9 Å². The summed E-state index contributed by atoms with van der Waals surface area (Å²) in [5.74, 6) is -0.578. The Morgan fingerprint density at radius 2 is 1.72 bits per heavy atom. The predicted octanol–water partition coefficient (Wildman–Crippen LogP) is 3.79. The number of alkyl halides is 3. The van der Waals surface area contributed by atoms with Gasteiger partial charge >= 0.3 is 6.18 Å². The number of amides is 1. The van der Waals surface area contributed by atoms with Crippen LogP contribution in [0, 0.1) is 0 Å². The number of benzene rings is 2. The number of rotatable bonds is 3. The van der Waals surface area contributed by atoms with Gasteiger partial charge in [-0.25, -0.2) is 0 Å². The molecule has 0 aromatic heterocycles. The van der Waals surface area contributed by atoms with Crippen LogP contribution < -0.4 is 10.2 Å². The van der Waals surface area contributed by atoms with Gasteiger partial charge in [-0.3, -0.25) is 4.79 Å². The van der Waals surface area contributed by atoms with Crippen LogP contribution in [0.3, 0.4) is 0 Å². The fraction of sp³-hybridized carbons (Fsp3) is 0.278. The summed E-state index contributed by atoms with van der Waals surface area (Å²) in [5.41, 5.74) is -0.347. The highest BCUT2D eigenvalue weighted by molar-refractivity contribution is 6.04. The smallest absolute Gasteiger partial charge is 0.378 e. The summed E-state index contributed by atoms with van der Waals surface area (Å²) in [7, 11) is 0.